The van der Waals surface area contributed by atoms with Crippen molar-refractivity contribution in [1.82, 2.24) is 0 Å². The number of hydrogen-bond donors (Lipinski definition) is 3. The quantitative estimate of drug-likeness (QED) is 0.431. The van der Waals surface area contributed by atoms with Crippen molar-refractivity contribution in [2.45, 2.75) is 6.92 Å². The molecule has 0 aliphatic rings. The van der Waals surface area contributed by atoms with E-state index in [1.54, 1.807) is 0 Å². The number of thiol groups is 1. The SMILES string of the molecule is CCSO.O=C(O)CS. The van der Waals surface area contributed by atoms with Crippen LogP contribution in [0.4, 0.5) is 0 Å². The van der Waals surface area contributed by atoms with E-state index in [1.165, 1.54) is 0 Å². The Bertz CT molecular complexity index is 64.8. The van der Waals surface area contributed by atoms with Gasteiger partial charge < -0.3 is 9.66 Å². The maximum absolute atomic E-state index is 9.29. The molecule has 0 heterocycles. The fraction of sp³-hybridized carbons (Fsp3) is 0.750. The van der Waals surface area contributed by atoms with Crippen molar-refractivity contribution < 1.29 is 14.5 Å². The minimum atomic E-state index is -0.881. The van der Waals surface area contributed by atoms with Gasteiger partial charge in [-0.2, -0.15) is 12.6 Å². The fourth-order valence-corrected chi connectivity index (χ4v) is 0. The van der Waals surface area contributed by atoms with Crippen LogP contribution < -0.4 is 0 Å². The standard InChI is InChI=1S/C2H4O2S.C2H6OS/c3-2(4)1-5;1-2-4-3/h5H,1H2,(H,3,4);3H,2H2,1H3. The third kappa shape index (κ3) is 31.2. The van der Waals surface area contributed by atoms with Crippen LogP contribution in [0.25, 0.3) is 0 Å². The Morgan fingerprint density at radius 3 is 2.00 bits per heavy atom. The molecule has 0 unspecified atom stereocenters. The molecule has 0 aromatic heterocycles. The lowest BCUT2D eigenvalue weighted by Gasteiger charge is -1.71. The minimum Gasteiger partial charge on any atom is -0.481 e. The van der Waals surface area contributed by atoms with Gasteiger partial charge in [0.25, 0.3) is 0 Å². The summed E-state index contributed by atoms with van der Waals surface area (Å²) < 4.78 is 7.79. The summed E-state index contributed by atoms with van der Waals surface area (Å²) in [4.78, 5) is 9.29. The average molecular weight is 170 g/mol. The van der Waals surface area contributed by atoms with Crippen molar-refractivity contribution in [3.05, 3.63) is 0 Å². The summed E-state index contributed by atoms with van der Waals surface area (Å²) in [5.74, 6) is -0.173. The van der Waals surface area contributed by atoms with Crippen molar-refractivity contribution in [2.24, 2.45) is 0 Å². The van der Waals surface area contributed by atoms with E-state index in [4.69, 9.17) is 9.66 Å². The van der Waals surface area contributed by atoms with Crippen LogP contribution in [0.3, 0.4) is 0 Å². The van der Waals surface area contributed by atoms with E-state index in [9.17, 15) is 4.79 Å². The maximum Gasteiger partial charge on any atom is 0.313 e. The predicted octanol–water partition coefficient (Wildman–Crippen LogP) is 1.21. The van der Waals surface area contributed by atoms with Gasteiger partial charge in [-0.05, 0) is 12.0 Å². The molecule has 0 spiro atoms. The van der Waals surface area contributed by atoms with E-state index in [0.717, 1.165) is 17.8 Å². The molecule has 0 aromatic rings. The molecule has 0 saturated heterocycles. The first-order valence-electron chi connectivity index (χ1n) is 2.28. The molecule has 5 heteroatoms. The first-order chi connectivity index (χ1) is 4.18. The number of hydrogen-bond acceptors (Lipinski definition) is 4. The van der Waals surface area contributed by atoms with Crippen molar-refractivity contribution in [2.75, 3.05) is 11.5 Å². The lowest BCUT2D eigenvalue weighted by Crippen LogP contribution is -1.92. The molecule has 2 N–H and O–H groups in total. The molecular weight excluding hydrogens is 160 g/mol. The van der Waals surface area contributed by atoms with Crippen LogP contribution in [0.2, 0.25) is 0 Å². The minimum absolute atomic E-state index is 0.0833. The monoisotopic (exact) mass is 170 g/mol. The molecule has 0 aliphatic carbocycles. The highest BCUT2D eigenvalue weighted by molar-refractivity contribution is 7.93. The summed E-state index contributed by atoms with van der Waals surface area (Å²) in [7, 11) is 0. The molecule has 0 bridgehead atoms. The van der Waals surface area contributed by atoms with E-state index in [1.807, 2.05) is 6.92 Å². The van der Waals surface area contributed by atoms with Gasteiger partial charge in [-0.25, -0.2) is 0 Å². The molecule has 0 aromatic carbocycles. The van der Waals surface area contributed by atoms with Crippen LogP contribution in [0, 0.1) is 0 Å². The van der Waals surface area contributed by atoms with E-state index >= 15 is 0 Å². The Morgan fingerprint density at radius 2 is 2.00 bits per heavy atom. The summed E-state index contributed by atoms with van der Waals surface area (Å²) in [5.41, 5.74) is 0. The smallest absolute Gasteiger partial charge is 0.313 e. The highest BCUT2D eigenvalue weighted by atomic mass is 32.2. The van der Waals surface area contributed by atoms with E-state index in [0.29, 0.717) is 0 Å². The molecule has 0 rings (SSSR count). The van der Waals surface area contributed by atoms with Crippen molar-refractivity contribution in [3.8, 4) is 0 Å². The molecule has 56 valence electrons. The Hall–Kier alpha value is 0.130. The third-order valence-electron chi connectivity index (χ3n) is 0.264. The van der Waals surface area contributed by atoms with Gasteiger partial charge >= 0.3 is 5.97 Å². The predicted molar refractivity (Wildman–Crippen MR) is 42.2 cm³/mol. The molecule has 0 saturated carbocycles. The van der Waals surface area contributed by atoms with Crippen LogP contribution >= 0.6 is 24.7 Å². The third-order valence-corrected chi connectivity index (χ3v) is 0.793. The highest BCUT2D eigenvalue weighted by Crippen LogP contribution is 1.82. The molecule has 0 aliphatic heterocycles. The Kier molecular flexibility index (Phi) is 14.5. The van der Waals surface area contributed by atoms with Gasteiger partial charge in [0.1, 0.15) is 0 Å². The van der Waals surface area contributed by atoms with Gasteiger partial charge in [0.15, 0.2) is 0 Å². The zero-order valence-electron chi connectivity index (χ0n) is 5.07. The largest absolute Gasteiger partial charge is 0.481 e. The summed E-state index contributed by atoms with van der Waals surface area (Å²) in [5, 5.41) is 7.65. The van der Waals surface area contributed by atoms with Crippen LogP contribution in [-0.2, 0) is 4.79 Å². The van der Waals surface area contributed by atoms with Gasteiger partial charge in [-0.3, -0.25) is 4.79 Å². The average Bonchev–Trinajstić information content (AvgIpc) is 1.89. The number of rotatable bonds is 2. The summed E-state index contributed by atoms with van der Waals surface area (Å²) in [6.45, 7) is 1.89. The second-order valence-corrected chi connectivity index (χ2v) is 2.12. The van der Waals surface area contributed by atoms with Crippen molar-refractivity contribution in [1.29, 1.82) is 0 Å². The fourth-order valence-electron chi connectivity index (χ4n) is 0. The summed E-state index contributed by atoms with van der Waals surface area (Å²) in [6.07, 6.45) is 0. The summed E-state index contributed by atoms with van der Waals surface area (Å²) >= 11 is 4.27. The molecule has 0 radical (unpaired) electrons. The first-order valence-corrected chi connectivity index (χ1v) is 3.85. The van der Waals surface area contributed by atoms with Gasteiger partial charge in [0.05, 0.1) is 5.75 Å². The van der Waals surface area contributed by atoms with E-state index in [-0.39, 0.29) is 5.75 Å². The first kappa shape index (κ1) is 11.9. The van der Waals surface area contributed by atoms with E-state index < -0.39 is 5.97 Å². The van der Waals surface area contributed by atoms with Crippen LogP contribution in [0.1, 0.15) is 6.92 Å². The number of aliphatic carboxylic acids is 1. The van der Waals surface area contributed by atoms with Crippen LogP contribution in [0.5, 0.6) is 0 Å². The Labute approximate surface area is 64.1 Å². The molecular formula is C4H10O3S2. The van der Waals surface area contributed by atoms with E-state index in [2.05, 4.69) is 12.6 Å². The Morgan fingerprint density at radius 1 is 1.78 bits per heavy atom. The second kappa shape index (κ2) is 11.0. The zero-order valence-corrected chi connectivity index (χ0v) is 6.78. The zero-order chi connectivity index (χ0) is 7.70. The van der Waals surface area contributed by atoms with Crippen molar-refractivity contribution >= 4 is 30.6 Å². The maximum atomic E-state index is 9.29. The van der Waals surface area contributed by atoms with Crippen LogP contribution in [-0.4, -0.2) is 27.1 Å². The summed E-state index contributed by atoms with van der Waals surface area (Å²) in [6, 6.07) is 0. The Balaban J connectivity index is 0. The number of carbonyl (C=O) groups is 1. The lowest BCUT2D eigenvalue weighted by atomic mass is 10.8. The topological polar surface area (TPSA) is 57.5 Å². The highest BCUT2D eigenvalue weighted by Gasteiger charge is 1.81. The number of carboxylic acid groups (broad SMARTS) is 1. The normalized spacial score (nSPS) is 7.44. The van der Waals surface area contributed by atoms with Gasteiger partial charge in [0.2, 0.25) is 0 Å². The molecule has 3 nitrogen and oxygen atoms in total. The van der Waals surface area contributed by atoms with Gasteiger partial charge in [0, 0.05) is 5.75 Å². The van der Waals surface area contributed by atoms with Crippen molar-refractivity contribution in [3.63, 3.8) is 0 Å². The molecule has 0 amide bonds. The molecule has 9 heavy (non-hydrogen) atoms. The van der Waals surface area contributed by atoms with Gasteiger partial charge in [-0.1, -0.05) is 6.92 Å². The molecule has 0 fully saturated rings. The number of carboxylic acids is 1. The van der Waals surface area contributed by atoms with Gasteiger partial charge in [-0.15, -0.1) is 0 Å². The lowest BCUT2D eigenvalue weighted by molar-refractivity contribution is -0.133. The molecule has 0 atom stereocenters. The second-order valence-electron chi connectivity index (χ2n) is 0.970. The van der Waals surface area contributed by atoms with Crippen LogP contribution in [0.15, 0.2) is 0 Å².